The molecule has 0 saturated carbocycles. The zero-order chi connectivity index (χ0) is 17.1. The molecule has 1 unspecified atom stereocenters. The number of piperidine rings is 1. The minimum atomic E-state index is -0.155. The molecule has 0 bridgehead atoms. The van der Waals surface area contributed by atoms with E-state index in [-0.39, 0.29) is 5.82 Å². The monoisotopic (exact) mass is 347 g/mol. The summed E-state index contributed by atoms with van der Waals surface area (Å²) in [6.45, 7) is 8.66. The first kappa shape index (κ1) is 17.3. The summed E-state index contributed by atoms with van der Waals surface area (Å²) in [6, 6.07) is 8.37. The van der Waals surface area contributed by atoms with Crippen LogP contribution in [0.2, 0.25) is 0 Å². The van der Waals surface area contributed by atoms with Gasteiger partial charge in [0.2, 0.25) is 0 Å². The zero-order valence-corrected chi connectivity index (χ0v) is 15.1. The standard InChI is InChI=1S/C20H30FN3O/c21-17-3-5-18(6-4-17)22-10-12-23(13-11-22)20-2-1-9-24(16-20)19-7-14-25-15-8-19/h3-6,19-20H,1-2,7-16H2. The van der Waals surface area contributed by atoms with Gasteiger partial charge in [-0.15, -0.1) is 0 Å². The van der Waals surface area contributed by atoms with E-state index in [0.717, 1.165) is 51.1 Å². The maximum absolute atomic E-state index is 13.1. The van der Waals surface area contributed by atoms with E-state index in [1.54, 1.807) is 12.1 Å². The summed E-state index contributed by atoms with van der Waals surface area (Å²) in [5.74, 6) is -0.155. The lowest BCUT2D eigenvalue weighted by Crippen LogP contribution is -2.56. The molecule has 0 radical (unpaired) electrons. The molecule has 0 aliphatic carbocycles. The number of hydrogen-bond acceptors (Lipinski definition) is 4. The largest absolute Gasteiger partial charge is 0.381 e. The third kappa shape index (κ3) is 4.15. The Bertz CT molecular complexity index is 538. The molecule has 0 aromatic heterocycles. The van der Waals surface area contributed by atoms with Crippen LogP contribution in [0.15, 0.2) is 24.3 Å². The van der Waals surface area contributed by atoms with E-state index in [0.29, 0.717) is 6.04 Å². The predicted octanol–water partition coefficient (Wildman–Crippen LogP) is 2.59. The number of piperazine rings is 1. The Morgan fingerprint density at radius 3 is 2.24 bits per heavy atom. The normalized spacial score (nSPS) is 27.6. The number of ether oxygens (including phenoxy) is 1. The summed E-state index contributed by atoms with van der Waals surface area (Å²) in [4.78, 5) is 7.80. The number of benzene rings is 1. The molecule has 0 amide bonds. The van der Waals surface area contributed by atoms with Gasteiger partial charge in [0.1, 0.15) is 5.82 Å². The van der Waals surface area contributed by atoms with E-state index < -0.39 is 0 Å². The van der Waals surface area contributed by atoms with E-state index in [1.165, 1.54) is 38.8 Å². The van der Waals surface area contributed by atoms with Crippen LogP contribution in [0.3, 0.4) is 0 Å². The highest BCUT2D eigenvalue weighted by Crippen LogP contribution is 2.24. The molecule has 3 saturated heterocycles. The van der Waals surface area contributed by atoms with Crippen molar-refractivity contribution in [2.24, 2.45) is 0 Å². The van der Waals surface area contributed by atoms with E-state index in [1.807, 2.05) is 12.1 Å². The maximum Gasteiger partial charge on any atom is 0.123 e. The number of halogens is 1. The third-order valence-corrected chi connectivity index (χ3v) is 6.16. The summed E-state index contributed by atoms with van der Waals surface area (Å²) >= 11 is 0. The molecule has 3 fully saturated rings. The van der Waals surface area contributed by atoms with Crippen molar-refractivity contribution in [2.45, 2.75) is 37.8 Å². The Labute approximate surface area is 150 Å². The van der Waals surface area contributed by atoms with Crippen LogP contribution in [0.5, 0.6) is 0 Å². The Kier molecular flexibility index (Phi) is 5.54. The van der Waals surface area contributed by atoms with Crippen LogP contribution in [0.1, 0.15) is 25.7 Å². The van der Waals surface area contributed by atoms with Gasteiger partial charge in [0.25, 0.3) is 0 Å². The molecular weight excluding hydrogens is 317 g/mol. The number of likely N-dealkylation sites (tertiary alicyclic amines) is 1. The molecule has 1 aromatic carbocycles. The van der Waals surface area contributed by atoms with E-state index >= 15 is 0 Å². The van der Waals surface area contributed by atoms with Crippen LogP contribution >= 0.6 is 0 Å². The van der Waals surface area contributed by atoms with Crippen LogP contribution in [0.25, 0.3) is 0 Å². The lowest BCUT2D eigenvalue weighted by molar-refractivity contribution is 0.00599. The van der Waals surface area contributed by atoms with Crippen molar-refractivity contribution in [3.63, 3.8) is 0 Å². The number of nitrogens with zero attached hydrogens (tertiary/aromatic N) is 3. The van der Waals surface area contributed by atoms with E-state index in [9.17, 15) is 4.39 Å². The van der Waals surface area contributed by atoms with Crippen molar-refractivity contribution < 1.29 is 9.13 Å². The van der Waals surface area contributed by atoms with Crippen molar-refractivity contribution >= 4 is 5.69 Å². The SMILES string of the molecule is Fc1ccc(N2CCN(C3CCCN(C4CCOCC4)C3)CC2)cc1. The van der Waals surface area contributed by atoms with Crippen LogP contribution in [-0.2, 0) is 4.74 Å². The molecule has 138 valence electrons. The molecule has 4 rings (SSSR count). The zero-order valence-electron chi connectivity index (χ0n) is 15.1. The highest BCUT2D eigenvalue weighted by molar-refractivity contribution is 5.46. The Balaban J connectivity index is 1.30. The fourth-order valence-corrected chi connectivity index (χ4v) is 4.66. The van der Waals surface area contributed by atoms with Gasteiger partial charge in [-0.3, -0.25) is 9.80 Å². The minimum Gasteiger partial charge on any atom is -0.381 e. The minimum absolute atomic E-state index is 0.155. The van der Waals surface area contributed by atoms with Crippen molar-refractivity contribution in [1.29, 1.82) is 0 Å². The average molecular weight is 347 g/mol. The lowest BCUT2D eigenvalue weighted by Gasteiger charge is -2.46. The Morgan fingerprint density at radius 2 is 1.52 bits per heavy atom. The first-order valence-electron chi connectivity index (χ1n) is 9.86. The van der Waals surface area contributed by atoms with Crippen molar-refractivity contribution in [3.05, 3.63) is 30.1 Å². The summed E-state index contributed by atoms with van der Waals surface area (Å²) in [5, 5.41) is 0. The second kappa shape index (κ2) is 8.02. The predicted molar refractivity (Wildman–Crippen MR) is 98.6 cm³/mol. The lowest BCUT2D eigenvalue weighted by atomic mass is 9.98. The van der Waals surface area contributed by atoms with Crippen molar-refractivity contribution in [3.8, 4) is 0 Å². The van der Waals surface area contributed by atoms with Crippen molar-refractivity contribution in [2.75, 3.05) is 57.4 Å². The number of rotatable bonds is 3. The molecule has 25 heavy (non-hydrogen) atoms. The molecule has 3 heterocycles. The highest BCUT2D eigenvalue weighted by atomic mass is 19.1. The maximum atomic E-state index is 13.1. The van der Waals surface area contributed by atoms with E-state index in [4.69, 9.17) is 4.74 Å². The Morgan fingerprint density at radius 1 is 0.800 bits per heavy atom. The van der Waals surface area contributed by atoms with Crippen LogP contribution in [0.4, 0.5) is 10.1 Å². The van der Waals surface area contributed by atoms with Gasteiger partial charge in [-0.2, -0.15) is 0 Å². The molecule has 3 aliphatic heterocycles. The fraction of sp³-hybridized carbons (Fsp3) is 0.700. The summed E-state index contributed by atoms with van der Waals surface area (Å²) in [7, 11) is 0. The number of hydrogen-bond donors (Lipinski definition) is 0. The van der Waals surface area contributed by atoms with Gasteiger partial charge < -0.3 is 9.64 Å². The average Bonchev–Trinajstić information content (AvgIpc) is 2.70. The number of anilines is 1. The molecule has 0 spiro atoms. The van der Waals surface area contributed by atoms with Gasteiger partial charge in [-0.1, -0.05) is 0 Å². The summed E-state index contributed by atoms with van der Waals surface area (Å²) < 4.78 is 18.6. The molecular formula is C20H30FN3O. The molecule has 4 nitrogen and oxygen atoms in total. The van der Waals surface area contributed by atoms with Gasteiger partial charge in [0, 0.05) is 63.7 Å². The molecule has 1 aromatic rings. The van der Waals surface area contributed by atoms with Gasteiger partial charge in [0.05, 0.1) is 0 Å². The van der Waals surface area contributed by atoms with Crippen LogP contribution in [-0.4, -0.2) is 74.4 Å². The van der Waals surface area contributed by atoms with Gasteiger partial charge >= 0.3 is 0 Å². The summed E-state index contributed by atoms with van der Waals surface area (Å²) in [5.41, 5.74) is 1.15. The first-order valence-corrected chi connectivity index (χ1v) is 9.86. The third-order valence-electron chi connectivity index (χ3n) is 6.16. The van der Waals surface area contributed by atoms with Crippen molar-refractivity contribution in [1.82, 2.24) is 9.80 Å². The second-order valence-electron chi connectivity index (χ2n) is 7.63. The second-order valence-corrected chi connectivity index (χ2v) is 7.63. The molecule has 3 aliphatic rings. The molecule has 5 heteroatoms. The topological polar surface area (TPSA) is 19.0 Å². The first-order chi connectivity index (χ1) is 12.3. The van der Waals surface area contributed by atoms with E-state index in [2.05, 4.69) is 14.7 Å². The molecule has 0 N–H and O–H groups in total. The quantitative estimate of drug-likeness (QED) is 0.836. The fourth-order valence-electron chi connectivity index (χ4n) is 4.66. The molecule has 1 atom stereocenters. The van der Waals surface area contributed by atoms with Crippen LogP contribution in [0, 0.1) is 5.82 Å². The Hall–Kier alpha value is -1.17. The van der Waals surface area contributed by atoms with Crippen LogP contribution < -0.4 is 4.90 Å². The van der Waals surface area contributed by atoms with Gasteiger partial charge in [0.15, 0.2) is 0 Å². The summed E-state index contributed by atoms with van der Waals surface area (Å²) in [6.07, 6.45) is 5.05. The highest BCUT2D eigenvalue weighted by Gasteiger charge is 2.31. The van der Waals surface area contributed by atoms with Gasteiger partial charge in [-0.25, -0.2) is 4.39 Å². The smallest absolute Gasteiger partial charge is 0.123 e. The van der Waals surface area contributed by atoms with Gasteiger partial charge in [-0.05, 0) is 56.5 Å².